The highest BCUT2D eigenvalue weighted by Gasteiger charge is 2.26. The van der Waals surface area contributed by atoms with Crippen molar-refractivity contribution in [3.05, 3.63) is 24.3 Å². The van der Waals surface area contributed by atoms with E-state index < -0.39 is 0 Å². The molecule has 1 aliphatic carbocycles. The summed E-state index contributed by atoms with van der Waals surface area (Å²) in [5.41, 5.74) is 0. The number of hydrogen-bond donors (Lipinski definition) is 0. The molecule has 1 fully saturated rings. The summed E-state index contributed by atoms with van der Waals surface area (Å²) in [5, 5.41) is 0. The van der Waals surface area contributed by atoms with Gasteiger partial charge in [0.25, 0.3) is 0 Å². The zero-order valence-corrected chi connectivity index (χ0v) is 8.73. The number of ether oxygens (including phenoxy) is 1. The van der Waals surface area contributed by atoms with E-state index in [0.29, 0.717) is 12.1 Å². The normalized spacial score (nSPS) is 31.9. The maximum atomic E-state index is 5.57. The standard InChI is InChI=1S/C9H13NO.C2H6/c1-10-6-7-11-9-5-3-2-4-8(9)10;1-2/h2-5,8-9H,6-7H2,1H3;1-2H3. The fourth-order valence-electron chi connectivity index (χ4n) is 1.61. The molecule has 0 saturated carbocycles. The third-order valence-corrected chi connectivity index (χ3v) is 2.32. The Hall–Kier alpha value is -0.600. The second-order valence-electron chi connectivity index (χ2n) is 3.08. The van der Waals surface area contributed by atoms with E-state index in [1.807, 2.05) is 13.8 Å². The summed E-state index contributed by atoms with van der Waals surface area (Å²) >= 11 is 0. The fourth-order valence-corrected chi connectivity index (χ4v) is 1.61. The molecule has 0 N–H and O–H groups in total. The van der Waals surface area contributed by atoms with Crippen LogP contribution in [-0.4, -0.2) is 37.2 Å². The van der Waals surface area contributed by atoms with Crippen molar-refractivity contribution in [3.63, 3.8) is 0 Å². The molecule has 2 rings (SSSR count). The maximum absolute atomic E-state index is 5.57. The van der Waals surface area contributed by atoms with Crippen molar-refractivity contribution in [1.82, 2.24) is 4.90 Å². The van der Waals surface area contributed by atoms with Crippen LogP contribution in [0.15, 0.2) is 24.3 Å². The van der Waals surface area contributed by atoms with Crippen molar-refractivity contribution < 1.29 is 4.74 Å². The zero-order chi connectivity index (χ0) is 9.68. The molecule has 1 saturated heterocycles. The Morgan fingerprint density at radius 3 is 2.62 bits per heavy atom. The average Bonchev–Trinajstić information content (AvgIpc) is 2.22. The number of hydrogen-bond acceptors (Lipinski definition) is 2. The van der Waals surface area contributed by atoms with Gasteiger partial charge in [0, 0.05) is 6.54 Å². The Labute approximate surface area is 80.9 Å². The average molecular weight is 181 g/mol. The third-order valence-electron chi connectivity index (χ3n) is 2.32. The molecule has 74 valence electrons. The minimum absolute atomic E-state index is 0.291. The van der Waals surface area contributed by atoms with Gasteiger partial charge in [-0.25, -0.2) is 0 Å². The summed E-state index contributed by atoms with van der Waals surface area (Å²) in [7, 11) is 2.14. The van der Waals surface area contributed by atoms with Crippen LogP contribution in [0.5, 0.6) is 0 Å². The van der Waals surface area contributed by atoms with E-state index in [9.17, 15) is 0 Å². The molecule has 0 aromatic heterocycles. The summed E-state index contributed by atoms with van der Waals surface area (Å²) in [6, 6.07) is 0.466. The monoisotopic (exact) mass is 181 g/mol. The van der Waals surface area contributed by atoms with Gasteiger partial charge in [-0.1, -0.05) is 38.2 Å². The molecule has 2 aliphatic rings. The smallest absolute Gasteiger partial charge is 0.0950 e. The van der Waals surface area contributed by atoms with Crippen molar-refractivity contribution in [2.75, 3.05) is 20.2 Å². The second kappa shape index (κ2) is 5.20. The summed E-state index contributed by atoms with van der Waals surface area (Å²) in [6.07, 6.45) is 8.76. The summed E-state index contributed by atoms with van der Waals surface area (Å²) in [4.78, 5) is 2.33. The number of morpholine rings is 1. The number of likely N-dealkylation sites (N-methyl/N-ethyl adjacent to an activating group) is 1. The Balaban J connectivity index is 0.000000396. The van der Waals surface area contributed by atoms with Crippen LogP contribution in [0.1, 0.15) is 13.8 Å². The minimum atomic E-state index is 0.291. The first-order chi connectivity index (χ1) is 6.38. The van der Waals surface area contributed by atoms with Crippen molar-refractivity contribution in [2.45, 2.75) is 26.0 Å². The molecule has 2 unspecified atom stereocenters. The van der Waals surface area contributed by atoms with Crippen molar-refractivity contribution in [1.29, 1.82) is 0 Å². The molecule has 0 bridgehead atoms. The molecule has 2 nitrogen and oxygen atoms in total. The highest BCUT2D eigenvalue weighted by Crippen LogP contribution is 2.17. The summed E-state index contributed by atoms with van der Waals surface area (Å²) in [6.45, 7) is 5.90. The van der Waals surface area contributed by atoms with Gasteiger partial charge in [-0.2, -0.15) is 0 Å². The van der Waals surface area contributed by atoms with Gasteiger partial charge in [0.1, 0.15) is 0 Å². The molecule has 0 spiro atoms. The highest BCUT2D eigenvalue weighted by molar-refractivity contribution is 5.19. The van der Waals surface area contributed by atoms with Crippen LogP contribution >= 0.6 is 0 Å². The lowest BCUT2D eigenvalue weighted by Gasteiger charge is -2.37. The quantitative estimate of drug-likeness (QED) is 0.565. The van der Waals surface area contributed by atoms with E-state index in [-0.39, 0.29) is 0 Å². The van der Waals surface area contributed by atoms with Crippen molar-refractivity contribution in [3.8, 4) is 0 Å². The largest absolute Gasteiger partial charge is 0.371 e. The van der Waals surface area contributed by atoms with Crippen molar-refractivity contribution >= 4 is 0 Å². The second-order valence-corrected chi connectivity index (χ2v) is 3.08. The molecule has 0 radical (unpaired) electrons. The first-order valence-corrected chi connectivity index (χ1v) is 5.05. The Bertz CT molecular complexity index is 198. The highest BCUT2D eigenvalue weighted by atomic mass is 16.5. The van der Waals surface area contributed by atoms with Gasteiger partial charge in [0.2, 0.25) is 0 Å². The van der Waals surface area contributed by atoms with Crippen LogP contribution in [0.3, 0.4) is 0 Å². The molecule has 0 aromatic carbocycles. The van der Waals surface area contributed by atoms with Gasteiger partial charge in [0.05, 0.1) is 18.8 Å². The molecule has 2 heteroatoms. The van der Waals surface area contributed by atoms with E-state index in [1.165, 1.54) is 0 Å². The number of fused-ring (bicyclic) bond motifs is 1. The minimum Gasteiger partial charge on any atom is -0.371 e. The molecule has 0 amide bonds. The van der Waals surface area contributed by atoms with Crippen LogP contribution < -0.4 is 0 Å². The molecule has 13 heavy (non-hydrogen) atoms. The van der Waals surface area contributed by atoms with E-state index in [4.69, 9.17) is 4.74 Å². The van der Waals surface area contributed by atoms with Crippen LogP contribution in [0.4, 0.5) is 0 Å². The van der Waals surface area contributed by atoms with E-state index in [2.05, 4.69) is 36.3 Å². The molecule has 1 aliphatic heterocycles. The van der Waals surface area contributed by atoms with Crippen LogP contribution in [0.2, 0.25) is 0 Å². The first-order valence-electron chi connectivity index (χ1n) is 5.05. The topological polar surface area (TPSA) is 12.5 Å². The summed E-state index contributed by atoms with van der Waals surface area (Å²) < 4.78 is 5.57. The third kappa shape index (κ3) is 2.42. The van der Waals surface area contributed by atoms with Gasteiger partial charge < -0.3 is 4.74 Å². The van der Waals surface area contributed by atoms with Crippen LogP contribution in [0, 0.1) is 0 Å². The van der Waals surface area contributed by atoms with Gasteiger partial charge >= 0.3 is 0 Å². The zero-order valence-electron chi connectivity index (χ0n) is 8.73. The maximum Gasteiger partial charge on any atom is 0.0950 e. The SMILES string of the molecule is CC.CN1CCOC2C=CC=CC21. The predicted octanol–water partition coefficient (Wildman–Crippen LogP) is 1.84. The Kier molecular flexibility index (Phi) is 4.19. The number of allylic oxidation sites excluding steroid dienone is 2. The van der Waals surface area contributed by atoms with Crippen LogP contribution in [-0.2, 0) is 4.74 Å². The lowest BCUT2D eigenvalue weighted by molar-refractivity contribution is -0.0206. The van der Waals surface area contributed by atoms with Gasteiger partial charge in [0.15, 0.2) is 0 Å². The van der Waals surface area contributed by atoms with E-state index in [1.54, 1.807) is 0 Å². The number of rotatable bonds is 0. The molecule has 0 aromatic rings. The number of nitrogens with zero attached hydrogens (tertiary/aromatic N) is 1. The fraction of sp³-hybridized carbons (Fsp3) is 0.636. The lowest BCUT2D eigenvalue weighted by Crippen LogP contribution is -2.47. The Morgan fingerprint density at radius 2 is 1.92 bits per heavy atom. The molecular weight excluding hydrogens is 162 g/mol. The Morgan fingerprint density at radius 1 is 1.23 bits per heavy atom. The van der Waals surface area contributed by atoms with E-state index in [0.717, 1.165) is 13.2 Å². The molecule has 2 atom stereocenters. The predicted molar refractivity (Wildman–Crippen MR) is 55.8 cm³/mol. The lowest BCUT2D eigenvalue weighted by atomic mass is 10.0. The van der Waals surface area contributed by atoms with Gasteiger partial charge in [-0.15, -0.1) is 0 Å². The molecular formula is C11H19NO. The first kappa shape index (κ1) is 10.5. The van der Waals surface area contributed by atoms with E-state index >= 15 is 0 Å². The summed E-state index contributed by atoms with van der Waals surface area (Å²) in [5.74, 6) is 0. The van der Waals surface area contributed by atoms with Crippen molar-refractivity contribution in [2.24, 2.45) is 0 Å². The molecule has 1 heterocycles. The van der Waals surface area contributed by atoms with Gasteiger partial charge in [-0.3, -0.25) is 4.90 Å². The van der Waals surface area contributed by atoms with Crippen LogP contribution in [0.25, 0.3) is 0 Å². The van der Waals surface area contributed by atoms with Gasteiger partial charge in [-0.05, 0) is 7.05 Å².